The van der Waals surface area contributed by atoms with Crippen molar-refractivity contribution in [3.05, 3.63) is 54.2 Å². The predicted molar refractivity (Wildman–Crippen MR) is 93.2 cm³/mol. The van der Waals surface area contributed by atoms with Gasteiger partial charge in [0.05, 0.1) is 0 Å². The average Bonchev–Trinajstić information content (AvgIpc) is 2.96. The molecule has 1 aliphatic heterocycles. The monoisotopic (exact) mass is 312 g/mol. The van der Waals surface area contributed by atoms with Gasteiger partial charge < -0.3 is 0 Å². The summed E-state index contributed by atoms with van der Waals surface area (Å²) in [6.45, 7) is 7.00. The SMILES string of the molecule is CC(C)CN1CCC[C@@H]1c1cccnc1Sc1ccccc1. The fourth-order valence-electron chi connectivity index (χ4n) is 3.21. The van der Waals surface area contributed by atoms with E-state index in [1.807, 2.05) is 6.20 Å². The smallest absolute Gasteiger partial charge is 0.105 e. The molecule has 0 aliphatic carbocycles. The molecule has 1 fully saturated rings. The third kappa shape index (κ3) is 3.71. The summed E-state index contributed by atoms with van der Waals surface area (Å²) in [7, 11) is 0. The summed E-state index contributed by atoms with van der Waals surface area (Å²) in [5, 5.41) is 1.16. The van der Waals surface area contributed by atoms with Crippen LogP contribution in [0.5, 0.6) is 0 Å². The molecule has 0 N–H and O–H groups in total. The Hall–Kier alpha value is -1.32. The van der Waals surface area contributed by atoms with Crippen LogP contribution in [0.3, 0.4) is 0 Å². The van der Waals surface area contributed by atoms with Crippen molar-refractivity contribution in [2.45, 2.75) is 42.7 Å². The number of aromatic nitrogens is 1. The Morgan fingerprint density at radius 1 is 1.18 bits per heavy atom. The first-order valence-electron chi connectivity index (χ1n) is 8.16. The Morgan fingerprint density at radius 2 is 2.00 bits per heavy atom. The van der Waals surface area contributed by atoms with Crippen LogP contribution >= 0.6 is 11.8 Å². The maximum absolute atomic E-state index is 4.67. The predicted octanol–water partition coefficient (Wildman–Crippen LogP) is 5.03. The molecule has 3 rings (SSSR count). The molecule has 0 saturated carbocycles. The number of rotatable bonds is 5. The van der Waals surface area contributed by atoms with E-state index in [0.29, 0.717) is 12.0 Å². The minimum absolute atomic E-state index is 0.530. The largest absolute Gasteiger partial charge is 0.296 e. The molecule has 0 spiro atoms. The first kappa shape index (κ1) is 15.6. The van der Waals surface area contributed by atoms with E-state index in [2.05, 4.69) is 66.2 Å². The molecule has 0 unspecified atom stereocenters. The van der Waals surface area contributed by atoms with Gasteiger partial charge in [-0.15, -0.1) is 0 Å². The molecule has 1 saturated heterocycles. The number of hydrogen-bond donors (Lipinski definition) is 0. The fourth-order valence-corrected chi connectivity index (χ4v) is 4.16. The summed E-state index contributed by atoms with van der Waals surface area (Å²) < 4.78 is 0. The van der Waals surface area contributed by atoms with Crippen LogP contribution in [0.25, 0.3) is 0 Å². The van der Waals surface area contributed by atoms with Crippen LogP contribution in [0.15, 0.2) is 58.6 Å². The summed E-state index contributed by atoms with van der Waals surface area (Å²) in [5.41, 5.74) is 1.40. The fraction of sp³-hybridized carbons (Fsp3) is 0.421. The standard InChI is InChI=1S/C19H24N2S/c1-15(2)14-21-13-7-11-18(21)17-10-6-12-20-19(17)22-16-8-4-3-5-9-16/h3-6,8-10,12,15,18H,7,11,13-14H2,1-2H3/t18-/m1/s1. The van der Waals surface area contributed by atoms with Crippen LogP contribution in [0, 0.1) is 5.92 Å². The molecule has 1 aliphatic rings. The second-order valence-electron chi connectivity index (χ2n) is 6.36. The van der Waals surface area contributed by atoms with Crippen LogP contribution in [-0.2, 0) is 0 Å². The van der Waals surface area contributed by atoms with Gasteiger partial charge in [-0.25, -0.2) is 4.98 Å². The van der Waals surface area contributed by atoms with E-state index in [9.17, 15) is 0 Å². The van der Waals surface area contributed by atoms with Crippen molar-refractivity contribution in [1.29, 1.82) is 0 Å². The lowest BCUT2D eigenvalue weighted by molar-refractivity contribution is 0.226. The zero-order valence-electron chi connectivity index (χ0n) is 13.4. The van der Waals surface area contributed by atoms with Gasteiger partial charge >= 0.3 is 0 Å². The maximum atomic E-state index is 4.67. The van der Waals surface area contributed by atoms with Crippen molar-refractivity contribution < 1.29 is 0 Å². The maximum Gasteiger partial charge on any atom is 0.105 e. The Morgan fingerprint density at radius 3 is 2.77 bits per heavy atom. The average molecular weight is 312 g/mol. The van der Waals surface area contributed by atoms with Gasteiger partial charge in [-0.3, -0.25) is 4.90 Å². The highest BCUT2D eigenvalue weighted by Crippen LogP contribution is 2.38. The molecular weight excluding hydrogens is 288 g/mol. The molecule has 3 heteroatoms. The van der Waals surface area contributed by atoms with E-state index < -0.39 is 0 Å². The molecule has 116 valence electrons. The number of likely N-dealkylation sites (tertiary alicyclic amines) is 1. The van der Waals surface area contributed by atoms with Gasteiger partial charge in [0.1, 0.15) is 5.03 Å². The van der Waals surface area contributed by atoms with E-state index >= 15 is 0 Å². The Bertz CT molecular complexity index is 597. The van der Waals surface area contributed by atoms with Crippen LogP contribution in [0.1, 0.15) is 38.3 Å². The van der Waals surface area contributed by atoms with Gasteiger partial charge in [0.2, 0.25) is 0 Å². The van der Waals surface area contributed by atoms with Crippen LogP contribution < -0.4 is 0 Å². The Labute approximate surface area is 138 Å². The van der Waals surface area contributed by atoms with Crippen molar-refractivity contribution in [1.82, 2.24) is 9.88 Å². The number of hydrogen-bond acceptors (Lipinski definition) is 3. The highest BCUT2D eigenvalue weighted by molar-refractivity contribution is 7.99. The summed E-state index contributed by atoms with van der Waals surface area (Å²) in [5.74, 6) is 0.711. The summed E-state index contributed by atoms with van der Waals surface area (Å²) in [6, 6.07) is 15.4. The third-order valence-corrected chi connectivity index (χ3v) is 5.12. The Balaban J connectivity index is 1.84. The molecule has 0 bridgehead atoms. The number of nitrogens with zero attached hydrogens (tertiary/aromatic N) is 2. The van der Waals surface area contributed by atoms with Gasteiger partial charge in [0, 0.05) is 29.2 Å². The van der Waals surface area contributed by atoms with E-state index in [4.69, 9.17) is 0 Å². The van der Waals surface area contributed by atoms with E-state index in [1.165, 1.54) is 36.4 Å². The van der Waals surface area contributed by atoms with E-state index in [0.717, 1.165) is 5.03 Å². The molecule has 2 nitrogen and oxygen atoms in total. The highest BCUT2D eigenvalue weighted by atomic mass is 32.2. The molecule has 22 heavy (non-hydrogen) atoms. The van der Waals surface area contributed by atoms with Crippen molar-refractivity contribution in [3.8, 4) is 0 Å². The second kappa shape index (κ2) is 7.30. The van der Waals surface area contributed by atoms with Gasteiger partial charge in [-0.1, -0.05) is 49.9 Å². The number of benzene rings is 1. The molecule has 2 heterocycles. The lowest BCUT2D eigenvalue weighted by atomic mass is 10.1. The molecule has 1 atom stereocenters. The minimum atomic E-state index is 0.530. The zero-order valence-corrected chi connectivity index (χ0v) is 14.2. The van der Waals surface area contributed by atoms with Gasteiger partial charge in [0.25, 0.3) is 0 Å². The molecule has 1 aromatic carbocycles. The van der Waals surface area contributed by atoms with Gasteiger partial charge in [0.15, 0.2) is 0 Å². The number of pyridine rings is 1. The third-order valence-electron chi connectivity index (χ3n) is 4.08. The zero-order chi connectivity index (χ0) is 15.4. The first-order valence-corrected chi connectivity index (χ1v) is 8.97. The second-order valence-corrected chi connectivity index (χ2v) is 7.42. The first-order chi connectivity index (χ1) is 10.7. The van der Waals surface area contributed by atoms with E-state index in [-0.39, 0.29) is 0 Å². The minimum Gasteiger partial charge on any atom is -0.296 e. The summed E-state index contributed by atoms with van der Waals surface area (Å²) in [4.78, 5) is 8.56. The van der Waals surface area contributed by atoms with Crippen LogP contribution in [0.2, 0.25) is 0 Å². The molecule has 0 radical (unpaired) electrons. The van der Waals surface area contributed by atoms with Crippen LogP contribution in [0.4, 0.5) is 0 Å². The normalized spacial score (nSPS) is 19.0. The van der Waals surface area contributed by atoms with Crippen molar-refractivity contribution in [2.75, 3.05) is 13.1 Å². The lowest BCUT2D eigenvalue weighted by Crippen LogP contribution is -2.27. The highest BCUT2D eigenvalue weighted by Gasteiger charge is 2.28. The Kier molecular flexibility index (Phi) is 5.16. The lowest BCUT2D eigenvalue weighted by Gasteiger charge is -2.27. The molecular formula is C19H24N2S. The van der Waals surface area contributed by atoms with Crippen LogP contribution in [-0.4, -0.2) is 23.0 Å². The topological polar surface area (TPSA) is 16.1 Å². The van der Waals surface area contributed by atoms with E-state index in [1.54, 1.807) is 11.8 Å². The molecule has 1 aromatic heterocycles. The summed E-state index contributed by atoms with van der Waals surface area (Å²) >= 11 is 1.78. The van der Waals surface area contributed by atoms with Crippen molar-refractivity contribution >= 4 is 11.8 Å². The molecule has 2 aromatic rings. The molecule has 0 amide bonds. The van der Waals surface area contributed by atoms with Crippen molar-refractivity contribution in [3.63, 3.8) is 0 Å². The quantitative estimate of drug-likeness (QED) is 0.770. The van der Waals surface area contributed by atoms with Gasteiger partial charge in [-0.2, -0.15) is 0 Å². The summed E-state index contributed by atoms with van der Waals surface area (Å²) in [6.07, 6.45) is 4.46. The van der Waals surface area contributed by atoms with Crippen molar-refractivity contribution in [2.24, 2.45) is 5.92 Å². The van der Waals surface area contributed by atoms with Gasteiger partial charge in [-0.05, 0) is 43.5 Å².